The predicted molar refractivity (Wildman–Crippen MR) is 96.2 cm³/mol. The second-order valence-corrected chi connectivity index (χ2v) is 5.97. The van der Waals surface area contributed by atoms with E-state index >= 15 is 0 Å². The van der Waals surface area contributed by atoms with Gasteiger partial charge < -0.3 is 14.5 Å². The number of carbonyl (C=O) groups is 2. The second-order valence-electron chi connectivity index (χ2n) is 5.97. The van der Waals surface area contributed by atoms with Gasteiger partial charge in [-0.05, 0) is 48.5 Å². The molecule has 2 aromatic carbocycles. The quantitative estimate of drug-likeness (QED) is 0.766. The summed E-state index contributed by atoms with van der Waals surface area (Å²) in [7, 11) is 0. The molecule has 2 heterocycles. The summed E-state index contributed by atoms with van der Waals surface area (Å²) in [6, 6.07) is 15.8. The number of furan rings is 1. The number of benzene rings is 2. The number of ether oxygens (including phenoxy) is 1. The topological polar surface area (TPSA) is 71.8 Å². The van der Waals surface area contributed by atoms with Gasteiger partial charge in [0, 0.05) is 0 Å². The maximum atomic E-state index is 12.9. The summed E-state index contributed by atoms with van der Waals surface area (Å²) in [5.41, 5.74) is 1.19. The number of fused-ring (bicyclic) bond motifs is 1. The van der Waals surface area contributed by atoms with Crippen LogP contribution in [0.2, 0.25) is 0 Å². The molecule has 7 heteroatoms. The zero-order valence-corrected chi connectivity index (χ0v) is 14.1. The van der Waals surface area contributed by atoms with Gasteiger partial charge in [-0.25, -0.2) is 4.39 Å². The minimum absolute atomic E-state index is 0.0854. The number of hydrogen-bond donors (Lipinski definition) is 1. The number of nitrogens with zero attached hydrogens (tertiary/aromatic N) is 1. The molecule has 0 radical (unpaired) electrons. The summed E-state index contributed by atoms with van der Waals surface area (Å²) in [5.74, 6) is 0.00909. The van der Waals surface area contributed by atoms with Crippen molar-refractivity contribution in [2.45, 2.75) is 6.61 Å². The molecule has 4 rings (SSSR count). The summed E-state index contributed by atoms with van der Waals surface area (Å²) >= 11 is 0. The summed E-state index contributed by atoms with van der Waals surface area (Å²) in [6.07, 6.45) is 0. The molecule has 1 aromatic heterocycles. The van der Waals surface area contributed by atoms with E-state index in [1.807, 2.05) is 0 Å². The Morgan fingerprint density at radius 2 is 1.89 bits per heavy atom. The highest BCUT2D eigenvalue weighted by Gasteiger charge is 2.29. The van der Waals surface area contributed by atoms with Crippen molar-refractivity contribution in [3.63, 3.8) is 0 Å². The number of nitrogens with one attached hydrogen (secondary N) is 1. The molecule has 0 saturated heterocycles. The smallest absolute Gasteiger partial charge is 0.294 e. The Bertz CT molecular complexity index is 997. The van der Waals surface area contributed by atoms with Crippen molar-refractivity contribution in [1.82, 2.24) is 0 Å². The molecule has 1 N–H and O–H groups in total. The van der Waals surface area contributed by atoms with Crippen LogP contribution >= 0.6 is 0 Å². The minimum Gasteiger partial charge on any atom is -0.486 e. The summed E-state index contributed by atoms with van der Waals surface area (Å²) < 4.78 is 24.0. The first-order valence-electron chi connectivity index (χ1n) is 8.28. The van der Waals surface area contributed by atoms with Crippen LogP contribution < -0.4 is 15.0 Å². The third-order valence-electron chi connectivity index (χ3n) is 4.08. The molecule has 2 amide bonds. The lowest BCUT2D eigenvalue weighted by atomic mass is 10.2. The molecule has 27 heavy (non-hydrogen) atoms. The Morgan fingerprint density at radius 1 is 1.11 bits per heavy atom. The first-order valence-corrected chi connectivity index (χ1v) is 8.28. The fourth-order valence-electron chi connectivity index (χ4n) is 2.80. The van der Waals surface area contributed by atoms with Gasteiger partial charge in [0.2, 0.25) is 5.91 Å². The number of para-hydroxylation sites is 2. The third kappa shape index (κ3) is 3.52. The molecule has 0 bridgehead atoms. The van der Waals surface area contributed by atoms with E-state index in [1.54, 1.807) is 36.4 Å². The zero-order chi connectivity index (χ0) is 18.8. The van der Waals surface area contributed by atoms with E-state index in [4.69, 9.17) is 9.15 Å². The normalized spacial score (nSPS) is 13.1. The lowest BCUT2D eigenvalue weighted by Gasteiger charge is -2.28. The van der Waals surface area contributed by atoms with E-state index in [-0.39, 0.29) is 30.6 Å². The van der Waals surface area contributed by atoms with Gasteiger partial charge in [0.25, 0.3) is 5.91 Å². The largest absolute Gasteiger partial charge is 0.486 e. The standard InChI is InChI=1S/C20H15FN2O4/c21-13-5-7-14(8-6-13)26-12-15-9-10-18(27-15)20(25)23-11-19(24)22-16-3-1-2-4-17(16)23/h1-10H,11-12H2,(H,22,24). The highest BCUT2D eigenvalue weighted by atomic mass is 19.1. The highest BCUT2D eigenvalue weighted by Crippen LogP contribution is 2.30. The number of halogens is 1. The highest BCUT2D eigenvalue weighted by molar-refractivity contribution is 6.14. The maximum Gasteiger partial charge on any atom is 0.294 e. The molecule has 0 spiro atoms. The zero-order valence-electron chi connectivity index (χ0n) is 14.1. The van der Waals surface area contributed by atoms with E-state index in [0.717, 1.165) is 0 Å². The minimum atomic E-state index is -0.412. The number of amides is 2. The summed E-state index contributed by atoms with van der Waals surface area (Å²) in [6.45, 7) is 0.00788. The molecule has 3 aromatic rings. The lowest BCUT2D eigenvalue weighted by molar-refractivity contribution is -0.115. The average Bonchev–Trinajstić information content (AvgIpc) is 3.15. The van der Waals surface area contributed by atoms with E-state index in [1.165, 1.54) is 29.2 Å². The predicted octanol–water partition coefficient (Wildman–Crippen LogP) is 3.60. The Labute approximate surface area is 154 Å². The Kier molecular flexibility index (Phi) is 4.33. The molecular formula is C20H15FN2O4. The second kappa shape index (κ2) is 6.95. The molecule has 0 fully saturated rings. The van der Waals surface area contributed by atoms with Gasteiger partial charge in [0.1, 0.15) is 30.5 Å². The van der Waals surface area contributed by atoms with Crippen LogP contribution in [0.25, 0.3) is 0 Å². The molecule has 136 valence electrons. The SMILES string of the molecule is O=C1CN(C(=O)c2ccc(COc3ccc(F)cc3)o2)c2ccccc2N1. The van der Waals surface area contributed by atoms with Gasteiger partial charge in [-0.1, -0.05) is 12.1 Å². The average molecular weight is 366 g/mol. The first kappa shape index (κ1) is 16.8. The van der Waals surface area contributed by atoms with E-state index in [9.17, 15) is 14.0 Å². The van der Waals surface area contributed by atoms with Crippen molar-refractivity contribution < 1.29 is 23.1 Å². The van der Waals surface area contributed by atoms with Crippen LogP contribution in [0.15, 0.2) is 65.1 Å². The van der Waals surface area contributed by atoms with Crippen molar-refractivity contribution >= 4 is 23.2 Å². The summed E-state index contributed by atoms with van der Waals surface area (Å²) in [4.78, 5) is 26.1. The third-order valence-corrected chi connectivity index (χ3v) is 4.08. The van der Waals surface area contributed by atoms with Crippen LogP contribution in [0.5, 0.6) is 5.75 Å². The van der Waals surface area contributed by atoms with Crippen molar-refractivity contribution in [2.24, 2.45) is 0 Å². The fourth-order valence-corrected chi connectivity index (χ4v) is 2.80. The van der Waals surface area contributed by atoms with Crippen LogP contribution in [0.3, 0.4) is 0 Å². The molecular weight excluding hydrogens is 351 g/mol. The van der Waals surface area contributed by atoms with Gasteiger partial charge in [0.05, 0.1) is 11.4 Å². The number of carbonyl (C=O) groups excluding carboxylic acids is 2. The van der Waals surface area contributed by atoms with Gasteiger partial charge in [0.15, 0.2) is 5.76 Å². The van der Waals surface area contributed by atoms with Crippen LogP contribution in [-0.2, 0) is 11.4 Å². The van der Waals surface area contributed by atoms with Crippen LogP contribution in [0, 0.1) is 5.82 Å². The van der Waals surface area contributed by atoms with Crippen LogP contribution in [0.1, 0.15) is 16.3 Å². The van der Waals surface area contributed by atoms with Gasteiger partial charge in [-0.2, -0.15) is 0 Å². The Balaban J connectivity index is 1.49. The number of rotatable bonds is 4. The van der Waals surface area contributed by atoms with Crippen LogP contribution in [-0.4, -0.2) is 18.4 Å². The molecule has 0 saturated carbocycles. The van der Waals surface area contributed by atoms with Gasteiger partial charge >= 0.3 is 0 Å². The van der Waals surface area contributed by atoms with Crippen molar-refractivity contribution in [3.8, 4) is 5.75 Å². The molecule has 1 aliphatic rings. The Hall–Kier alpha value is -3.61. The molecule has 1 aliphatic heterocycles. The molecule has 0 atom stereocenters. The molecule has 0 aliphatic carbocycles. The van der Waals surface area contributed by atoms with E-state index in [2.05, 4.69) is 5.32 Å². The van der Waals surface area contributed by atoms with Gasteiger partial charge in [-0.15, -0.1) is 0 Å². The maximum absolute atomic E-state index is 12.9. The van der Waals surface area contributed by atoms with Gasteiger partial charge in [-0.3, -0.25) is 14.5 Å². The monoisotopic (exact) mass is 366 g/mol. The van der Waals surface area contributed by atoms with Crippen molar-refractivity contribution in [1.29, 1.82) is 0 Å². The lowest BCUT2D eigenvalue weighted by Crippen LogP contribution is -2.42. The number of hydrogen-bond acceptors (Lipinski definition) is 4. The van der Waals surface area contributed by atoms with E-state index < -0.39 is 5.91 Å². The van der Waals surface area contributed by atoms with Crippen molar-refractivity contribution in [2.75, 3.05) is 16.8 Å². The van der Waals surface area contributed by atoms with Crippen molar-refractivity contribution in [3.05, 3.63) is 78.0 Å². The molecule has 0 unspecified atom stereocenters. The number of anilines is 2. The molecule has 6 nitrogen and oxygen atoms in total. The summed E-state index contributed by atoms with van der Waals surface area (Å²) in [5, 5.41) is 2.73. The fraction of sp³-hybridized carbons (Fsp3) is 0.100. The van der Waals surface area contributed by atoms with Crippen LogP contribution in [0.4, 0.5) is 15.8 Å². The Morgan fingerprint density at radius 3 is 2.70 bits per heavy atom. The first-order chi connectivity index (χ1) is 13.1. The van der Waals surface area contributed by atoms with E-state index in [0.29, 0.717) is 22.9 Å².